The molecular formula is C18H11Cl2N3O3S. The van der Waals surface area contributed by atoms with Gasteiger partial charge in [-0.2, -0.15) is 5.26 Å². The van der Waals surface area contributed by atoms with Crippen molar-refractivity contribution >= 4 is 61.6 Å². The molecule has 1 amide bonds. The van der Waals surface area contributed by atoms with Crippen LogP contribution in [0.5, 0.6) is 5.75 Å². The molecule has 1 atom stereocenters. The molecule has 1 N–H and O–H groups in total. The Balaban J connectivity index is 1.81. The highest BCUT2D eigenvalue weighted by Crippen LogP contribution is 2.30. The Morgan fingerprint density at radius 2 is 2.00 bits per heavy atom. The lowest BCUT2D eigenvalue weighted by Crippen LogP contribution is -2.27. The van der Waals surface area contributed by atoms with Crippen molar-refractivity contribution in [1.82, 2.24) is 4.98 Å². The molecule has 0 bridgehead atoms. The fourth-order valence-electron chi connectivity index (χ4n) is 2.35. The first-order valence-corrected chi connectivity index (χ1v) is 9.14. The summed E-state index contributed by atoms with van der Waals surface area (Å²) < 4.78 is 5.94. The van der Waals surface area contributed by atoms with Gasteiger partial charge in [0.15, 0.2) is 5.13 Å². The van der Waals surface area contributed by atoms with Gasteiger partial charge < -0.3 is 4.74 Å². The van der Waals surface area contributed by atoms with Crippen LogP contribution in [0.1, 0.15) is 11.5 Å². The Morgan fingerprint density at radius 1 is 1.22 bits per heavy atom. The van der Waals surface area contributed by atoms with Crippen molar-refractivity contribution in [3.8, 4) is 11.8 Å². The van der Waals surface area contributed by atoms with E-state index < -0.39 is 17.6 Å². The number of Topliss-reactive ketones (excluding diaryl/α,β-unsaturated/α-hetero) is 1. The number of nitrogens with one attached hydrogen (secondary N) is 1. The van der Waals surface area contributed by atoms with Gasteiger partial charge in [-0.1, -0.05) is 40.6 Å². The smallest absolute Gasteiger partial charge is 0.295 e. The SMILES string of the molecule is COc1ccc2nc(NC(=O)C(=O)[C@H](C#N)c3ccc(Cl)c(Cl)c3)sc2c1. The highest BCUT2D eigenvalue weighted by atomic mass is 35.5. The van der Waals surface area contributed by atoms with E-state index in [2.05, 4.69) is 10.3 Å². The van der Waals surface area contributed by atoms with E-state index in [1.54, 1.807) is 25.3 Å². The third kappa shape index (κ3) is 4.03. The van der Waals surface area contributed by atoms with Crippen molar-refractivity contribution < 1.29 is 14.3 Å². The molecule has 0 unspecified atom stereocenters. The monoisotopic (exact) mass is 419 g/mol. The van der Waals surface area contributed by atoms with Crippen LogP contribution >= 0.6 is 34.5 Å². The fraction of sp³-hybridized carbons (Fsp3) is 0.111. The third-order valence-corrected chi connectivity index (χ3v) is 5.38. The number of anilines is 1. The number of carbonyl (C=O) groups is 2. The van der Waals surface area contributed by atoms with E-state index in [4.69, 9.17) is 27.9 Å². The van der Waals surface area contributed by atoms with Gasteiger partial charge in [0.2, 0.25) is 5.78 Å². The van der Waals surface area contributed by atoms with E-state index in [1.165, 1.54) is 29.5 Å². The number of halogens is 2. The molecule has 2 aromatic carbocycles. The van der Waals surface area contributed by atoms with Crippen molar-refractivity contribution in [3.05, 3.63) is 52.0 Å². The molecule has 0 aliphatic carbocycles. The first-order chi connectivity index (χ1) is 12.9. The lowest BCUT2D eigenvalue weighted by Gasteiger charge is -2.09. The molecule has 1 aromatic heterocycles. The van der Waals surface area contributed by atoms with Crippen molar-refractivity contribution in [2.45, 2.75) is 5.92 Å². The summed E-state index contributed by atoms with van der Waals surface area (Å²) in [5, 5.41) is 12.5. The number of amides is 1. The van der Waals surface area contributed by atoms with Gasteiger partial charge in [-0.3, -0.25) is 14.9 Å². The Kier molecular flexibility index (Phi) is 5.61. The number of thiazole rings is 1. The Morgan fingerprint density at radius 3 is 2.67 bits per heavy atom. The minimum atomic E-state index is -1.30. The van der Waals surface area contributed by atoms with Crippen LogP contribution in [0.25, 0.3) is 10.2 Å². The van der Waals surface area contributed by atoms with Gasteiger partial charge in [-0.05, 0) is 35.9 Å². The predicted molar refractivity (Wildman–Crippen MR) is 105 cm³/mol. The quantitative estimate of drug-likeness (QED) is 0.617. The van der Waals surface area contributed by atoms with Crippen LogP contribution in [0.3, 0.4) is 0 Å². The third-order valence-electron chi connectivity index (χ3n) is 3.71. The highest BCUT2D eigenvalue weighted by molar-refractivity contribution is 7.22. The first-order valence-electron chi connectivity index (χ1n) is 7.57. The number of nitriles is 1. The average Bonchev–Trinajstić information content (AvgIpc) is 3.06. The summed E-state index contributed by atoms with van der Waals surface area (Å²) in [6.45, 7) is 0. The molecule has 3 rings (SSSR count). The Labute approximate surface area is 168 Å². The van der Waals surface area contributed by atoms with Gasteiger partial charge in [0, 0.05) is 0 Å². The summed E-state index contributed by atoms with van der Waals surface area (Å²) >= 11 is 13.0. The van der Waals surface area contributed by atoms with Gasteiger partial charge in [0.05, 0.1) is 33.4 Å². The van der Waals surface area contributed by atoms with Crippen molar-refractivity contribution in [3.63, 3.8) is 0 Å². The maximum Gasteiger partial charge on any atom is 0.295 e. The summed E-state index contributed by atoms with van der Waals surface area (Å²) in [7, 11) is 1.55. The van der Waals surface area contributed by atoms with Crippen LogP contribution in [-0.4, -0.2) is 23.8 Å². The van der Waals surface area contributed by atoms with Crippen molar-refractivity contribution in [2.75, 3.05) is 12.4 Å². The van der Waals surface area contributed by atoms with Crippen LogP contribution in [0.15, 0.2) is 36.4 Å². The van der Waals surface area contributed by atoms with E-state index in [9.17, 15) is 14.9 Å². The second-order valence-corrected chi connectivity index (χ2v) is 7.25. The minimum Gasteiger partial charge on any atom is -0.497 e. The number of hydrogen-bond donors (Lipinski definition) is 1. The van der Waals surface area contributed by atoms with E-state index in [0.29, 0.717) is 21.9 Å². The molecule has 0 spiro atoms. The molecule has 0 radical (unpaired) electrons. The summed E-state index contributed by atoms with van der Waals surface area (Å²) in [4.78, 5) is 29.0. The number of methoxy groups -OCH3 is 1. The van der Waals surface area contributed by atoms with Gasteiger partial charge in [0.25, 0.3) is 5.91 Å². The van der Waals surface area contributed by atoms with Crippen molar-refractivity contribution in [2.24, 2.45) is 0 Å². The summed E-state index contributed by atoms with van der Waals surface area (Å²) in [5.41, 5.74) is 0.950. The van der Waals surface area contributed by atoms with Crippen LogP contribution in [0.2, 0.25) is 10.0 Å². The molecule has 27 heavy (non-hydrogen) atoms. The van der Waals surface area contributed by atoms with Gasteiger partial charge in [0.1, 0.15) is 11.7 Å². The molecule has 3 aromatic rings. The number of fused-ring (bicyclic) bond motifs is 1. The molecule has 6 nitrogen and oxygen atoms in total. The molecular weight excluding hydrogens is 409 g/mol. The normalized spacial score (nSPS) is 11.6. The van der Waals surface area contributed by atoms with Crippen LogP contribution in [0, 0.1) is 11.3 Å². The molecule has 0 saturated carbocycles. The number of aromatic nitrogens is 1. The molecule has 136 valence electrons. The first kappa shape index (κ1) is 19.1. The minimum absolute atomic E-state index is 0.197. The zero-order chi connectivity index (χ0) is 19.6. The van der Waals surface area contributed by atoms with Gasteiger partial charge >= 0.3 is 0 Å². The maximum atomic E-state index is 12.4. The topological polar surface area (TPSA) is 92.1 Å². The van der Waals surface area contributed by atoms with E-state index in [-0.39, 0.29) is 10.2 Å². The fourth-order valence-corrected chi connectivity index (χ4v) is 3.55. The standard InChI is InChI=1S/C18H11Cl2N3O3S/c1-26-10-3-5-14-15(7-10)27-18(22-14)23-17(25)16(24)11(8-21)9-2-4-12(19)13(20)6-9/h2-7,11H,1H3,(H,22,23,25)/t11-/m1/s1. The lowest BCUT2D eigenvalue weighted by molar-refractivity contribution is -0.135. The van der Waals surface area contributed by atoms with Crippen molar-refractivity contribution in [1.29, 1.82) is 5.26 Å². The summed E-state index contributed by atoms with van der Waals surface area (Å²) in [6.07, 6.45) is 0. The number of ketones is 1. The number of ether oxygens (including phenoxy) is 1. The molecule has 9 heteroatoms. The highest BCUT2D eigenvalue weighted by Gasteiger charge is 2.28. The predicted octanol–water partition coefficient (Wildman–Crippen LogP) is 4.43. The number of nitrogens with zero attached hydrogens (tertiary/aromatic N) is 2. The lowest BCUT2D eigenvalue weighted by atomic mass is 9.96. The molecule has 0 saturated heterocycles. The van der Waals surface area contributed by atoms with Gasteiger partial charge in [-0.15, -0.1) is 0 Å². The second kappa shape index (κ2) is 7.92. The molecule has 0 fully saturated rings. The van der Waals surface area contributed by atoms with Crippen LogP contribution in [-0.2, 0) is 9.59 Å². The summed E-state index contributed by atoms with van der Waals surface area (Å²) in [5.74, 6) is -2.48. The Hall–Kier alpha value is -2.66. The number of rotatable bonds is 5. The second-order valence-electron chi connectivity index (χ2n) is 5.41. The van der Waals surface area contributed by atoms with E-state index in [0.717, 1.165) is 4.70 Å². The van der Waals surface area contributed by atoms with Crippen LogP contribution in [0.4, 0.5) is 5.13 Å². The Bertz CT molecular complexity index is 1090. The van der Waals surface area contributed by atoms with Crippen LogP contribution < -0.4 is 10.1 Å². The zero-order valence-electron chi connectivity index (χ0n) is 13.8. The molecule has 0 aliphatic heterocycles. The van der Waals surface area contributed by atoms with E-state index in [1.807, 2.05) is 6.07 Å². The van der Waals surface area contributed by atoms with Gasteiger partial charge in [-0.25, -0.2) is 4.98 Å². The number of carbonyl (C=O) groups excluding carboxylic acids is 2. The summed E-state index contributed by atoms with van der Waals surface area (Å²) in [6, 6.07) is 11.4. The largest absolute Gasteiger partial charge is 0.497 e. The zero-order valence-corrected chi connectivity index (χ0v) is 16.2. The number of benzene rings is 2. The molecule has 1 heterocycles. The maximum absolute atomic E-state index is 12.4. The number of hydrogen-bond acceptors (Lipinski definition) is 6. The van der Waals surface area contributed by atoms with E-state index >= 15 is 0 Å². The molecule has 0 aliphatic rings. The average molecular weight is 420 g/mol.